The van der Waals surface area contributed by atoms with Gasteiger partial charge in [0.05, 0.1) is 15.4 Å². The number of nitrogens with zero attached hydrogens (tertiary/aromatic N) is 1. The lowest BCUT2D eigenvalue weighted by atomic mass is 10.1. The van der Waals surface area contributed by atoms with Crippen molar-refractivity contribution in [2.24, 2.45) is 0 Å². The minimum atomic E-state index is -4.79. The Morgan fingerprint density at radius 2 is 1.79 bits per heavy atom. The summed E-state index contributed by atoms with van der Waals surface area (Å²) in [6.45, 7) is 0. The van der Waals surface area contributed by atoms with Gasteiger partial charge in [0.15, 0.2) is 9.84 Å². The summed E-state index contributed by atoms with van der Waals surface area (Å²) in [4.78, 5) is 21.5. The first-order valence-corrected chi connectivity index (χ1v) is 9.57. The summed E-state index contributed by atoms with van der Waals surface area (Å²) < 4.78 is 72.5. The molecule has 0 radical (unpaired) electrons. The van der Waals surface area contributed by atoms with Crippen LogP contribution in [0.1, 0.15) is 5.56 Å². The molecule has 0 saturated heterocycles. The van der Waals surface area contributed by atoms with E-state index in [2.05, 4.69) is 0 Å². The Balaban J connectivity index is 2.09. The Morgan fingerprint density at radius 1 is 1.10 bits per heavy atom. The van der Waals surface area contributed by atoms with Crippen molar-refractivity contribution in [2.45, 2.75) is 11.1 Å². The van der Waals surface area contributed by atoms with Crippen LogP contribution in [0.2, 0.25) is 0 Å². The van der Waals surface area contributed by atoms with E-state index >= 15 is 0 Å². The van der Waals surface area contributed by atoms with Gasteiger partial charge >= 0.3 is 17.5 Å². The first-order chi connectivity index (χ1) is 13.4. The minimum Gasteiger partial charge on any atom is -0.450 e. The standard InChI is InChI=1S/C17H10F3NO7S/c1-29(25,26)10-3-5-14(13(7-10)21(23)24)27-9-2-4-11-12(17(18,19)20)8-16(22)28-15(11)6-9/h2-8H,1H3. The fourth-order valence-electron chi connectivity index (χ4n) is 2.52. The van der Waals surface area contributed by atoms with Gasteiger partial charge in [-0.3, -0.25) is 10.1 Å². The van der Waals surface area contributed by atoms with Gasteiger partial charge in [0.2, 0.25) is 5.75 Å². The summed E-state index contributed by atoms with van der Waals surface area (Å²) in [5.41, 5.74) is -3.53. The average Bonchev–Trinajstić information content (AvgIpc) is 2.59. The molecule has 12 heteroatoms. The number of hydrogen-bond acceptors (Lipinski definition) is 7. The minimum absolute atomic E-state index is 0.157. The molecule has 0 spiro atoms. The third-order valence-corrected chi connectivity index (χ3v) is 4.91. The molecule has 2 aromatic carbocycles. The van der Waals surface area contributed by atoms with Crippen LogP contribution < -0.4 is 10.4 Å². The van der Waals surface area contributed by atoms with Crippen molar-refractivity contribution in [3.05, 3.63) is 68.6 Å². The molecule has 1 aromatic heterocycles. The molecule has 1 heterocycles. The molecule has 3 aromatic rings. The number of nitro groups is 1. The van der Waals surface area contributed by atoms with Gasteiger partial charge in [-0.15, -0.1) is 0 Å². The Kier molecular flexibility index (Phi) is 4.82. The molecular formula is C17H10F3NO7S. The van der Waals surface area contributed by atoms with E-state index in [0.29, 0.717) is 6.07 Å². The Bertz CT molecular complexity index is 1300. The SMILES string of the molecule is CS(=O)(=O)c1ccc(Oc2ccc3c(C(F)(F)F)cc(=O)oc3c2)c([N+](=O)[O-])c1. The predicted molar refractivity (Wildman–Crippen MR) is 93.8 cm³/mol. The van der Waals surface area contributed by atoms with Crippen LogP contribution in [-0.2, 0) is 16.0 Å². The third kappa shape index (κ3) is 4.21. The van der Waals surface area contributed by atoms with Crippen molar-refractivity contribution in [1.29, 1.82) is 0 Å². The molecule has 0 saturated carbocycles. The van der Waals surface area contributed by atoms with Crippen LogP contribution in [0.5, 0.6) is 11.5 Å². The fourth-order valence-corrected chi connectivity index (χ4v) is 3.17. The summed E-state index contributed by atoms with van der Waals surface area (Å²) in [6, 6.07) is 6.31. The summed E-state index contributed by atoms with van der Waals surface area (Å²) in [6.07, 6.45) is -3.92. The lowest BCUT2D eigenvalue weighted by molar-refractivity contribution is -0.385. The zero-order valence-electron chi connectivity index (χ0n) is 14.4. The first kappa shape index (κ1) is 20.3. The second kappa shape index (κ2) is 6.88. The van der Waals surface area contributed by atoms with E-state index in [-0.39, 0.29) is 16.4 Å². The van der Waals surface area contributed by atoms with E-state index in [1.54, 1.807) is 0 Å². The highest BCUT2D eigenvalue weighted by molar-refractivity contribution is 7.90. The summed E-state index contributed by atoms with van der Waals surface area (Å²) in [5, 5.41) is 10.9. The van der Waals surface area contributed by atoms with E-state index in [1.165, 1.54) is 0 Å². The molecule has 0 aliphatic heterocycles. The van der Waals surface area contributed by atoms with Gasteiger partial charge in [-0.2, -0.15) is 13.2 Å². The van der Waals surface area contributed by atoms with Gasteiger partial charge in [0.25, 0.3) is 0 Å². The number of nitro benzene ring substituents is 1. The molecule has 0 aliphatic rings. The quantitative estimate of drug-likeness (QED) is 0.351. The highest BCUT2D eigenvalue weighted by Crippen LogP contribution is 2.37. The van der Waals surface area contributed by atoms with Gasteiger partial charge in [-0.1, -0.05) is 0 Å². The molecule has 29 heavy (non-hydrogen) atoms. The average molecular weight is 429 g/mol. The molecule has 152 valence electrons. The zero-order chi connectivity index (χ0) is 21.6. The van der Waals surface area contributed by atoms with Crippen LogP contribution in [0.15, 0.2) is 56.6 Å². The van der Waals surface area contributed by atoms with E-state index in [1.807, 2.05) is 0 Å². The number of alkyl halides is 3. The molecule has 0 amide bonds. The van der Waals surface area contributed by atoms with Crippen molar-refractivity contribution in [3.8, 4) is 11.5 Å². The summed E-state index contributed by atoms with van der Waals surface area (Å²) in [5.74, 6) is -0.508. The summed E-state index contributed by atoms with van der Waals surface area (Å²) >= 11 is 0. The monoisotopic (exact) mass is 429 g/mol. The number of ether oxygens (including phenoxy) is 1. The lowest BCUT2D eigenvalue weighted by Gasteiger charge is -2.11. The molecule has 0 atom stereocenters. The molecule has 0 aliphatic carbocycles. The number of rotatable bonds is 4. The molecule has 0 bridgehead atoms. The third-order valence-electron chi connectivity index (χ3n) is 3.80. The fraction of sp³-hybridized carbons (Fsp3) is 0.118. The first-order valence-electron chi connectivity index (χ1n) is 7.68. The van der Waals surface area contributed by atoms with E-state index in [0.717, 1.165) is 42.7 Å². The molecule has 0 fully saturated rings. The van der Waals surface area contributed by atoms with Crippen molar-refractivity contribution < 1.29 is 35.7 Å². The van der Waals surface area contributed by atoms with Crippen LogP contribution in [0.4, 0.5) is 18.9 Å². The van der Waals surface area contributed by atoms with E-state index in [9.17, 15) is 36.5 Å². The zero-order valence-corrected chi connectivity index (χ0v) is 15.2. The second-order valence-corrected chi connectivity index (χ2v) is 7.91. The Labute approximate surface area is 160 Å². The van der Waals surface area contributed by atoms with Crippen LogP contribution in [0.25, 0.3) is 11.0 Å². The maximum atomic E-state index is 13.1. The Morgan fingerprint density at radius 3 is 2.38 bits per heavy atom. The van der Waals surface area contributed by atoms with Gasteiger partial charge in [-0.05, 0) is 24.3 Å². The smallest absolute Gasteiger partial charge is 0.417 e. The maximum Gasteiger partial charge on any atom is 0.417 e. The number of benzene rings is 2. The van der Waals surface area contributed by atoms with Crippen molar-refractivity contribution in [2.75, 3.05) is 6.26 Å². The topological polar surface area (TPSA) is 117 Å². The van der Waals surface area contributed by atoms with E-state index in [4.69, 9.17) is 9.15 Å². The number of sulfone groups is 1. The van der Waals surface area contributed by atoms with Crippen molar-refractivity contribution >= 4 is 26.5 Å². The van der Waals surface area contributed by atoms with Gasteiger partial charge in [0.1, 0.15) is 11.3 Å². The number of hydrogen-bond donors (Lipinski definition) is 0. The molecule has 0 unspecified atom stereocenters. The molecule has 3 rings (SSSR count). The number of halogens is 3. The maximum absolute atomic E-state index is 13.1. The molecule has 0 N–H and O–H groups in total. The van der Waals surface area contributed by atoms with Gasteiger partial charge in [0, 0.05) is 29.8 Å². The van der Waals surface area contributed by atoms with Gasteiger partial charge in [-0.25, -0.2) is 13.2 Å². The van der Waals surface area contributed by atoms with E-state index < -0.39 is 48.8 Å². The van der Waals surface area contributed by atoms with Crippen LogP contribution in [0.3, 0.4) is 0 Å². The highest BCUT2D eigenvalue weighted by atomic mass is 32.2. The normalized spacial score (nSPS) is 12.1. The highest BCUT2D eigenvalue weighted by Gasteiger charge is 2.34. The molecule has 8 nitrogen and oxygen atoms in total. The number of fused-ring (bicyclic) bond motifs is 1. The predicted octanol–water partition coefficient (Wildman–Crippen LogP) is 3.92. The van der Waals surface area contributed by atoms with Crippen LogP contribution in [-0.4, -0.2) is 19.6 Å². The van der Waals surface area contributed by atoms with Crippen LogP contribution in [0, 0.1) is 10.1 Å². The van der Waals surface area contributed by atoms with Crippen molar-refractivity contribution in [3.63, 3.8) is 0 Å². The largest absolute Gasteiger partial charge is 0.450 e. The summed E-state index contributed by atoms with van der Waals surface area (Å²) in [7, 11) is -3.72. The lowest BCUT2D eigenvalue weighted by Crippen LogP contribution is -2.10. The van der Waals surface area contributed by atoms with Crippen molar-refractivity contribution in [1.82, 2.24) is 0 Å². The van der Waals surface area contributed by atoms with Crippen LogP contribution >= 0.6 is 0 Å². The second-order valence-electron chi connectivity index (χ2n) is 5.90. The molecular weight excluding hydrogens is 419 g/mol. The Hall–Kier alpha value is -3.41. The van der Waals surface area contributed by atoms with Gasteiger partial charge < -0.3 is 9.15 Å².